The monoisotopic (exact) mass is 446 g/mol. The van der Waals surface area contributed by atoms with Crippen LogP contribution in [-0.4, -0.2) is 28.1 Å². The molecule has 1 aromatic heterocycles. The van der Waals surface area contributed by atoms with Crippen LogP contribution < -0.4 is 10.6 Å². The van der Waals surface area contributed by atoms with Crippen LogP contribution in [0.15, 0.2) is 54.6 Å². The van der Waals surface area contributed by atoms with E-state index in [1.165, 1.54) is 5.56 Å². The van der Waals surface area contributed by atoms with Crippen LogP contribution in [-0.2, 0) is 24.2 Å². The van der Waals surface area contributed by atoms with Gasteiger partial charge in [-0.25, -0.2) is 0 Å². The van der Waals surface area contributed by atoms with Gasteiger partial charge in [-0.3, -0.25) is 14.3 Å². The maximum Gasteiger partial charge on any atom is 0.253 e. The molecule has 0 atom stereocenters. The SMILES string of the molecule is Cc1nn(CC(C)C)c(C)c1CCC(=O)Nc1ccccc1C(=O)NCCc1ccccc1. The Hall–Kier alpha value is -3.41. The summed E-state index contributed by atoms with van der Waals surface area (Å²) in [5, 5.41) is 10.5. The molecule has 3 aromatic rings. The van der Waals surface area contributed by atoms with E-state index in [2.05, 4.69) is 36.5 Å². The van der Waals surface area contributed by atoms with E-state index in [4.69, 9.17) is 0 Å². The highest BCUT2D eigenvalue weighted by atomic mass is 16.2. The van der Waals surface area contributed by atoms with Gasteiger partial charge in [-0.05, 0) is 55.9 Å². The molecule has 0 bridgehead atoms. The number of nitrogens with one attached hydrogen (secondary N) is 2. The molecule has 33 heavy (non-hydrogen) atoms. The molecule has 0 spiro atoms. The maximum atomic E-state index is 12.7. The number of aryl methyl sites for hydroxylation is 1. The van der Waals surface area contributed by atoms with E-state index in [1.54, 1.807) is 18.2 Å². The fourth-order valence-electron chi connectivity index (χ4n) is 3.92. The third-order valence-corrected chi connectivity index (χ3v) is 5.66. The molecule has 0 aliphatic heterocycles. The van der Waals surface area contributed by atoms with Crippen LogP contribution in [0, 0.1) is 19.8 Å². The van der Waals surface area contributed by atoms with Gasteiger partial charge in [-0.2, -0.15) is 5.10 Å². The fraction of sp³-hybridized carbons (Fsp3) is 0.370. The summed E-state index contributed by atoms with van der Waals surface area (Å²) in [4.78, 5) is 25.4. The molecule has 2 N–H and O–H groups in total. The first-order valence-electron chi connectivity index (χ1n) is 11.6. The number of nitrogens with zero attached hydrogens (tertiary/aromatic N) is 2. The number of hydrogen-bond donors (Lipinski definition) is 2. The summed E-state index contributed by atoms with van der Waals surface area (Å²) in [7, 11) is 0. The predicted octanol–water partition coefficient (Wildman–Crippen LogP) is 4.70. The highest BCUT2D eigenvalue weighted by Gasteiger charge is 2.16. The number of para-hydroxylation sites is 1. The van der Waals surface area contributed by atoms with E-state index < -0.39 is 0 Å². The number of carbonyl (C=O) groups is 2. The number of benzene rings is 2. The molecular formula is C27H34N4O2. The molecule has 6 heteroatoms. The summed E-state index contributed by atoms with van der Waals surface area (Å²) in [5.74, 6) is 0.202. The van der Waals surface area contributed by atoms with Gasteiger partial charge < -0.3 is 10.6 Å². The molecule has 0 aliphatic rings. The van der Waals surface area contributed by atoms with Crippen molar-refractivity contribution < 1.29 is 9.59 Å². The highest BCUT2D eigenvalue weighted by Crippen LogP contribution is 2.19. The predicted molar refractivity (Wildman–Crippen MR) is 132 cm³/mol. The lowest BCUT2D eigenvalue weighted by molar-refractivity contribution is -0.116. The van der Waals surface area contributed by atoms with Gasteiger partial charge in [0.15, 0.2) is 0 Å². The Labute approximate surface area is 196 Å². The molecule has 0 fully saturated rings. The minimum Gasteiger partial charge on any atom is -0.352 e. The van der Waals surface area contributed by atoms with E-state index in [0.717, 1.165) is 29.9 Å². The molecule has 0 aliphatic carbocycles. The van der Waals surface area contributed by atoms with Crippen LogP contribution in [0.4, 0.5) is 5.69 Å². The van der Waals surface area contributed by atoms with Crippen molar-refractivity contribution in [1.82, 2.24) is 15.1 Å². The maximum absolute atomic E-state index is 12.7. The Morgan fingerprint density at radius 1 is 0.970 bits per heavy atom. The second-order valence-electron chi connectivity index (χ2n) is 8.81. The Morgan fingerprint density at radius 3 is 2.39 bits per heavy atom. The average molecular weight is 447 g/mol. The number of rotatable bonds is 10. The third kappa shape index (κ3) is 6.78. The van der Waals surface area contributed by atoms with Gasteiger partial charge in [0.1, 0.15) is 0 Å². The van der Waals surface area contributed by atoms with Crippen molar-refractivity contribution in [2.24, 2.45) is 5.92 Å². The topological polar surface area (TPSA) is 76.0 Å². The number of amides is 2. The van der Waals surface area contributed by atoms with E-state index in [9.17, 15) is 9.59 Å². The van der Waals surface area contributed by atoms with Gasteiger partial charge in [0.2, 0.25) is 5.91 Å². The molecule has 0 saturated heterocycles. The first-order chi connectivity index (χ1) is 15.8. The molecule has 0 saturated carbocycles. The molecule has 1 heterocycles. The van der Waals surface area contributed by atoms with Crippen molar-refractivity contribution >= 4 is 17.5 Å². The van der Waals surface area contributed by atoms with Gasteiger partial charge in [-0.1, -0.05) is 56.3 Å². The second-order valence-corrected chi connectivity index (χ2v) is 8.81. The van der Waals surface area contributed by atoms with Gasteiger partial charge in [0.25, 0.3) is 5.91 Å². The van der Waals surface area contributed by atoms with Crippen LogP contribution in [0.3, 0.4) is 0 Å². The van der Waals surface area contributed by atoms with Gasteiger partial charge >= 0.3 is 0 Å². The summed E-state index contributed by atoms with van der Waals surface area (Å²) in [5.41, 5.74) is 5.38. The zero-order chi connectivity index (χ0) is 23.8. The van der Waals surface area contributed by atoms with Crippen molar-refractivity contribution in [1.29, 1.82) is 0 Å². The van der Waals surface area contributed by atoms with Crippen molar-refractivity contribution in [3.8, 4) is 0 Å². The molecule has 0 unspecified atom stereocenters. The minimum absolute atomic E-state index is 0.116. The number of aromatic nitrogens is 2. The minimum atomic E-state index is -0.191. The molecule has 0 radical (unpaired) electrons. The lowest BCUT2D eigenvalue weighted by atomic mass is 10.1. The molecule has 6 nitrogen and oxygen atoms in total. The fourth-order valence-corrected chi connectivity index (χ4v) is 3.92. The molecule has 174 valence electrons. The summed E-state index contributed by atoms with van der Waals surface area (Å²) >= 11 is 0. The summed E-state index contributed by atoms with van der Waals surface area (Å²) in [6.45, 7) is 9.78. The van der Waals surface area contributed by atoms with Crippen molar-refractivity contribution in [3.05, 3.63) is 82.7 Å². The molecular weight excluding hydrogens is 412 g/mol. The standard InChI is InChI=1S/C27H34N4O2/c1-19(2)18-31-21(4)23(20(3)30-31)14-15-26(32)29-25-13-9-8-12-24(25)27(33)28-17-16-22-10-6-5-7-11-22/h5-13,19H,14-18H2,1-4H3,(H,28,33)(H,29,32). The quantitative estimate of drug-likeness (QED) is 0.474. The van der Waals surface area contributed by atoms with Crippen molar-refractivity contribution in [3.63, 3.8) is 0 Å². The van der Waals surface area contributed by atoms with E-state index >= 15 is 0 Å². The Balaban J connectivity index is 1.57. The first-order valence-corrected chi connectivity index (χ1v) is 11.6. The third-order valence-electron chi connectivity index (χ3n) is 5.66. The van der Waals surface area contributed by atoms with Crippen LogP contribution in [0.2, 0.25) is 0 Å². The van der Waals surface area contributed by atoms with Gasteiger partial charge in [-0.15, -0.1) is 0 Å². The average Bonchev–Trinajstić information content (AvgIpc) is 3.05. The molecule has 3 rings (SSSR count). The summed E-state index contributed by atoms with van der Waals surface area (Å²) in [6.07, 6.45) is 1.70. The zero-order valence-corrected chi connectivity index (χ0v) is 20.0. The first kappa shape index (κ1) is 24.2. The van der Waals surface area contributed by atoms with Crippen molar-refractivity contribution in [2.75, 3.05) is 11.9 Å². The lowest BCUT2D eigenvalue weighted by Gasteiger charge is -2.12. The van der Waals surface area contributed by atoms with Crippen LogP contribution in [0.5, 0.6) is 0 Å². The second kappa shape index (κ2) is 11.5. The van der Waals surface area contributed by atoms with Crippen LogP contribution in [0.25, 0.3) is 0 Å². The van der Waals surface area contributed by atoms with E-state index in [1.807, 2.05) is 48.0 Å². The van der Waals surface area contributed by atoms with Gasteiger partial charge in [0, 0.05) is 25.2 Å². The summed E-state index contributed by atoms with van der Waals surface area (Å²) < 4.78 is 2.03. The van der Waals surface area contributed by atoms with Crippen LogP contribution >= 0.6 is 0 Å². The van der Waals surface area contributed by atoms with Gasteiger partial charge in [0.05, 0.1) is 16.9 Å². The van der Waals surface area contributed by atoms with E-state index in [-0.39, 0.29) is 11.8 Å². The Bertz CT molecular complexity index is 1090. The van der Waals surface area contributed by atoms with Crippen LogP contribution in [0.1, 0.15) is 53.1 Å². The Kier molecular flexibility index (Phi) is 8.41. The molecule has 2 amide bonds. The Morgan fingerprint density at radius 2 is 1.67 bits per heavy atom. The number of carbonyl (C=O) groups excluding carboxylic acids is 2. The smallest absolute Gasteiger partial charge is 0.253 e. The molecule has 2 aromatic carbocycles. The van der Waals surface area contributed by atoms with E-state index in [0.29, 0.717) is 36.6 Å². The number of anilines is 1. The van der Waals surface area contributed by atoms with Crippen molar-refractivity contribution in [2.45, 2.75) is 53.5 Å². The summed E-state index contributed by atoms with van der Waals surface area (Å²) in [6, 6.07) is 17.1. The highest BCUT2D eigenvalue weighted by molar-refractivity contribution is 6.03. The lowest BCUT2D eigenvalue weighted by Crippen LogP contribution is -2.27. The zero-order valence-electron chi connectivity index (χ0n) is 20.0. The normalized spacial score (nSPS) is 10.9. The largest absolute Gasteiger partial charge is 0.352 e. The number of hydrogen-bond acceptors (Lipinski definition) is 3.